The van der Waals surface area contributed by atoms with Gasteiger partial charge in [0.05, 0.1) is 12.7 Å². The lowest BCUT2D eigenvalue weighted by atomic mass is 10.1. The van der Waals surface area contributed by atoms with Gasteiger partial charge in [-0.1, -0.05) is 31.2 Å². The Morgan fingerprint density at radius 3 is 2.55 bits per heavy atom. The van der Waals surface area contributed by atoms with Crippen molar-refractivity contribution in [1.82, 2.24) is 4.90 Å². The molecule has 3 rings (SSSR count). The second-order valence-corrected chi connectivity index (χ2v) is 7.47. The SMILES string of the molecule is CCc1ccccc1NC(=O)CN(C)C(=O)C[NH+]1CCN(c2cccc[nH+]2)CC1. The number of benzene rings is 1. The minimum absolute atomic E-state index is 0.00125. The van der Waals surface area contributed by atoms with Crippen LogP contribution in [0.4, 0.5) is 11.5 Å². The van der Waals surface area contributed by atoms with E-state index in [9.17, 15) is 9.59 Å². The molecule has 0 unspecified atom stereocenters. The summed E-state index contributed by atoms with van der Waals surface area (Å²) in [7, 11) is 1.70. The van der Waals surface area contributed by atoms with Gasteiger partial charge in [0.15, 0.2) is 6.54 Å². The highest BCUT2D eigenvalue weighted by Gasteiger charge is 2.28. The molecule has 7 nitrogen and oxygen atoms in total. The molecule has 0 saturated carbocycles. The van der Waals surface area contributed by atoms with Crippen LogP contribution < -0.4 is 20.1 Å². The van der Waals surface area contributed by atoms with Gasteiger partial charge >= 0.3 is 0 Å². The number of hydrogen-bond acceptors (Lipinski definition) is 3. The molecule has 2 aromatic rings. The molecule has 154 valence electrons. The number of anilines is 2. The van der Waals surface area contributed by atoms with Crippen LogP contribution >= 0.6 is 0 Å². The first kappa shape index (κ1) is 20.8. The van der Waals surface area contributed by atoms with Crippen molar-refractivity contribution in [3.8, 4) is 0 Å². The first-order valence-corrected chi connectivity index (χ1v) is 10.2. The van der Waals surface area contributed by atoms with Crippen molar-refractivity contribution >= 4 is 23.3 Å². The average Bonchev–Trinajstić information content (AvgIpc) is 2.75. The Morgan fingerprint density at radius 1 is 1.14 bits per heavy atom. The summed E-state index contributed by atoms with van der Waals surface area (Å²) in [5.74, 6) is 0.943. The smallest absolute Gasteiger partial charge is 0.277 e. The number of aromatic nitrogens is 1. The molecule has 1 aliphatic rings. The zero-order valence-electron chi connectivity index (χ0n) is 17.3. The molecule has 1 fully saturated rings. The zero-order chi connectivity index (χ0) is 20.6. The Hall–Kier alpha value is -2.93. The number of para-hydroxylation sites is 1. The van der Waals surface area contributed by atoms with E-state index in [0.29, 0.717) is 6.54 Å². The van der Waals surface area contributed by atoms with Crippen LogP contribution in [0, 0.1) is 0 Å². The van der Waals surface area contributed by atoms with E-state index >= 15 is 0 Å². The number of piperazine rings is 1. The Bertz CT molecular complexity index is 819. The van der Waals surface area contributed by atoms with Gasteiger partial charge in [-0.3, -0.25) is 14.5 Å². The van der Waals surface area contributed by atoms with Gasteiger partial charge < -0.3 is 15.1 Å². The highest BCUT2D eigenvalue weighted by Crippen LogP contribution is 2.15. The minimum Gasteiger partial charge on any atom is -0.332 e. The largest absolute Gasteiger partial charge is 0.332 e. The summed E-state index contributed by atoms with van der Waals surface area (Å²) in [5.41, 5.74) is 1.91. The molecule has 0 atom stereocenters. The maximum atomic E-state index is 12.6. The summed E-state index contributed by atoms with van der Waals surface area (Å²) in [4.78, 5) is 33.3. The molecular formula is C22H31N5O2+2. The van der Waals surface area contributed by atoms with Crippen LogP contribution in [0.1, 0.15) is 12.5 Å². The number of hydrogen-bond donors (Lipinski definition) is 2. The predicted molar refractivity (Wildman–Crippen MR) is 113 cm³/mol. The van der Waals surface area contributed by atoms with Crippen molar-refractivity contribution in [2.24, 2.45) is 0 Å². The van der Waals surface area contributed by atoms with Crippen LogP contribution in [0.15, 0.2) is 48.7 Å². The third kappa shape index (κ3) is 5.77. The summed E-state index contributed by atoms with van der Waals surface area (Å²) in [6.07, 6.45) is 2.78. The molecular weight excluding hydrogens is 366 g/mol. The van der Waals surface area contributed by atoms with E-state index < -0.39 is 0 Å². The Kier molecular flexibility index (Phi) is 7.19. The normalized spacial score (nSPS) is 14.5. The van der Waals surface area contributed by atoms with E-state index in [0.717, 1.165) is 49.7 Å². The van der Waals surface area contributed by atoms with E-state index in [1.54, 1.807) is 7.05 Å². The highest BCUT2D eigenvalue weighted by molar-refractivity contribution is 5.95. The van der Waals surface area contributed by atoms with Crippen molar-refractivity contribution in [1.29, 1.82) is 0 Å². The summed E-state index contributed by atoms with van der Waals surface area (Å²) in [6, 6.07) is 13.8. The summed E-state index contributed by atoms with van der Waals surface area (Å²) < 4.78 is 0. The fraction of sp³-hybridized carbons (Fsp3) is 0.409. The number of H-pyrrole nitrogens is 1. The first-order valence-electron chi connectivity index (χ1n) is 10.2. The minimum atomic E-state index is -0.166. The fourth-order valence-electron chi connectivity index (χ4n) is 3.61. The lowest BCUT2D eigenvalue weighted by molar-refractivity contribution is -0.892. The second-order valence-electron chi connectivity index (χ2n) is 7.47. The summed E-state index contributed by atoms with van der Waals surface area (Å²) in [6.45, 7) is 6.15. The third-order valence-electron chi connectivity index (χ3n) is 5.38. The Morgan fingerprint density at radius 2 is 1.86 bits per heavy atom. The number of nitrogens with zero attached hydrogens (tertiary/aromatic N) is 2. The molecule has 29 heavy (non-hydrogen) atoms. The molecule has 0 bridgehead atoms. The zero-order valence-corrected chi connectivity index (χ0v) is 17.3. The van der Waals surface area contributed by atoms with Crippen molar-refractivity contribution in [3.63, 3.8) is 0 Å². The van der Waals surface area contributed by atoms with Gasteiger partial charge in [0.2, 0.25) is 5.91 Å². The number of amides is 2. The fourth-order valence-corrected chi connectivity index (χ4v) is 3.61. The van der Waals surface area contributed by atoms with Crippen LogP contribution in [0.3, 0.4) is 0 Å². The molecule has 3 N–H and O–H groups in total. The van der Waals surface area contributed by atoms with E-state index in [2.05, 4.69) is 28.2 Å². The maximum absolute atomic E-state index is 12.6. The van der Waals surface area contributed by atoms with E-state index in [4.69, 9.17) is 0 Å². The van der Waals surface area contributed by atoms with Gasteiger partial charge in [0.25, 0.3) is 11.7 Å². The molecule has 1 aliphatic heterocycles. The van der Waals surface area contributed by atoms with Crippen molar-refractivity contribution in [2.45, 2.75) is 13.3 Å². The number of rotatable bonds is 7. The van der Waals surface area contributed by atoms with E-state index in [-0.39, 0.29) is 18.4 Å². The van der Waals surface area contributed by atoms with Gasteiger partial charge in [-0.2, -0.15) is 0 Å². The molecule has 7 heteroatoms. The molecule has 1 aromatic carbocycles. The van der Waals surface area contributed by atoms with Crippen LogP contribution in [0.5, 0.6) is 0 Å². The number of likely N-dealkylation sites (N-methyl/N-ethyl adjacent to an activating group) is 1. The van der Waals surface area contributed by atoms with Crippen molar-refractivity contribution in [2.75, 3.05) is 56.5 Å². The second kappa shape index (κ2) is 10.0. The lowest BCUT2D eigenvalue weighted by Gasteiger charge is -2.29. The quantitative estimate of drug-likeness (QED) is 0.684. The molecule has 2 heterocycles. The molecule has 1 saturated heterocycles. The number of carbonyl (C=O) groups is 2. The van der Waals surface area contributed by atoms with Gasteiger partial charge in [-0.15, -0.1) is 0 Å². The van der Waals surface area contributed by atoms with Crippen molar-refractivity contribution in [3.05, 3.63) is 54.2 Å². The maximum Gasteiger partial charge on any atom is 0.277 e. The third-order valence-corrected chi connectivity index (χ3v) is 5.38. The van der Waals surface area contributed by atoms with Crippen molar-refractivity contribution < 1.29 is 19.5 Å². The van der Waals surface area contributed by atoms with Crippen LogP contribution in [0.2, 0.25) is 0 Å². The summed E-state index contributed by atoms with van der Waals surface area (Å²) >= 11 is 0. The predicted octanol–water partition coefficient (Wildman–Crippen LogP) is -0.135. The van der Waals surface area contributed by atoms with Gasteiger partial charge in [0.1, 0.15) is 26.2 Å². The number of aryl methyl sites for hydroxylation is 1. The lowest BCUT2D eigenvalue weighted by Crippen LogP contribution is -3.16. The molecule has 1 aromatic heterocycles. The van der Waals surface area contributed by atoms with E-state index in [1.807, 2.05) is 42.6 Å². The standard InChI is InChI=1S/C22H29N5O2/c1-3-18-8-4-5-9-19(18)24-21(28)16-25(2)22(29)17-26-12-14-27(15-13-26)20-10-6-7-11-23-20/h4-11H,3,12-17H2,1-2H3,(H,24,28)/p+2. The number of carbonyl (C=O) groups excluding carboxylic acids is 2. The summed E-state index contributed by atoms with van der Waals surface area (Å²) in [5, 5.41) is 2.93. The monoisotopic (exact) mass is 397 g/mol. The van der Waals surface area contributed by atoms with E-state index in [1.165, 1.54) is 9.80 Å². The van der Waals surface area contributed by atoms with Gasteiger partial charge in [0, 0.05) is 18.8 Å². The van der Waals surface area contributed by atoms with Crippen LogP contribution in [-0.4, -0.2) is 63.0 Å². The molecule has 0 radical (unpaired) electrons. The topological polar surface area (TPSA) is 71.2 Å². The molecule has 2 amide bonds. The Balaban J connectivity index is 1.44. The Labute approximate surface area is 172 Å². The number of quaternary nitrogens is 1. The number of nitrogens with one attached hydrogen (secondary N) is 3. The van der Waals surface area contributed by atoms with Crippen LogP contribution in [0.25, 0.3) is 0 Å². The molecule has 0 spiro atoms. The van der Waals surface area contributed by atoms with Gasteiger partial charge in [-0.25, -0.2) is 4.98 Å². The average molecular weight is 398 g/mol. The number of aromatic amines is 1. The highest BCUT2D eigenvalue weighted by atomic mass is 16.2. The number of pyridine rings is 1. The molecule has 0 aliphatic carbocycles. The van der Waals surface area contributed by atoms with Crippen LogP contribution in [-0.2, 0) is 16.0 Å². The first-order chi connectivity index (χ1) is 14.1. The van der Waals surface area contributed by atoms with Gasteiger partial charge in [-0.05, 0) is 24.1 Å².